The number of nitrogens with zero attached hydrogens (tertiary/aromatic N) is 1. The second-order valence-corrected chi connectivity index (χ2v) is 7.76. The van der Waals surface area contributed by atoms with Gasteiger partial charge in [0.15, 0.2) is 0 Å². The van der Waals surface area contributed by atoms with Crippen LogP contribution >= 0.6 is 0 Å². The zero-order chi connectivity index (χ0) is 22.6. The Hall–Kier alpha value is -2.82. The highest BCUT2D eigenvalue weighted by atomic mass is 19.4. The molecule has 8 nitrogen and oxygen atoms in total. The molecule has 1 atom stereocenters. The maximum atomic E-state index is 12.6. The van der Waals surface area contributed by atoms with Gasteiger partial charge in [0, 0.05) is 6.54 Å². The molecule has 1 saturated heterocycles. The monoisotopic (exact) mass is 443 g/mol. The molecule has 1 aromatic rings. The summed E-state index contributed by atoms with van der Waals surface area (Å²) in [6.45, 7) is -0.939. The van der Waals surface area contributed by atoms with Crippen LogP contribution in [0.1, 0.15) is 37.7 Å². The van der Waals surface area contributed by atoms with Gasteiger partial charge in [-0.1, -0.05) is 19.3 Å². The number of alkyl halides is 3. The van der Waals surface area contributed by atoms with Crippen LogP contribution in [0.2, 0.25) is 0 Å². The number of rotatable bonds is 7. The number of aliphatic hydroxyl groups excluding tert-OH is 1. The van der Waals surface area contributed by atoms with E-state index in [0.29, 0.717) is 12.8 Å². The van der Waals surface area contributed by atoms with E-state index in [4.69, 9.17) is 4.74 Å². The molecule has 1 spiro atoms. The predicted octanol–water partition coefficient (Wildman–Crippen LogP) is 1.82. The van der Waals surface area contributed by atoms with E-state index >= 15 is 0 Å². The third-order valence-corrected chi connectivity index (χ3v) is 5.41. The number of urea groups is 1. The maximum Gasteiger partial charge on any atom is 0.416 e. The van der Waals surface area contributed by atoms with Gasteiger partial charge in [-0.15, -0.1) is 0 Å². The van der Waals surface area contributed by atoms with Gasteiger partial charge in [-0.3, -0.25) is 14.5 Å². The quantitative estimate of drug-likeness (QED) is 0.557. The summed E-state index contributed by atoms with van der Waals surface area (Å²) >= 11 is 0. The van der Waals surface area contributed by atoms with Crippen molar-refractivity contribution in [1.82, 2.24) is 15.5 Å². The number of carbonyl (C=O) groups is 3. The highest BCUT2D eigenvalue weighted by Crippen LogP contribution is 2.33. The number of ether oxygens (including phenoxy) is 1. The normalized spacial score (nSPS) is 19.3. The van der Waals surface area contributed by atoms with Crippen LogP contribution in [0.25, 0.3) is 0 Å². The number of halogens is 3. The zero-order valence-electron chi connectivity index (χ0n) is 16.7. The molecular weight excluding hydrogens is 419 g/mol. The molecular formula is C20H24F3N3O5. The maximum absolute atomic E-state index is 12.6. The lowest BCUT2D eigenvalue weighted by Crippen LogP contribution is -2.49. The Morgan fingerprint density at radius 1 is 1.19 bits per heavy atom. The molecule has 1 heterocycles. The summed E-state index contributed by atoms with van der Waals surface area (Å²) in [6.07, 6.45) is -1.83. The van der Waals surface area contributed by atoms with Gasteiger partial charge < -0.3 is 20.5 Å². The predicted molar refractivity (Wildman–Crippen MR) is 102 cm³/mol. The average Bonchev–Trinajstić information content (AvgIpc) is 2.94. The van der Waals surface area contributed by atoms with Gasteiger partial charge in [-0.05, 0) is 37.1 Å². The number of hydrogen-bond acceptors (Lipinski definition) is 5. The summed E-state index contributed by atoms with van der Waals surface area (Å²) < 4.78 is 42.8. The molecule has 11 heteroatoms. The van der Waals surface area contributed by atoms with Crippen molar-refractivity contribution in [2.45, 2.75) is 49.9 Å². The van der Waals surface area contributed by atoms with Crippen LogP contribution < -0.4 is 15.4 Å². The number of benzene rings is 1. The Morgan fingerprint density at radius 2 is 1.84 bits per heavy atom. The number of hydrogen-bond donors (Lipinski definition) is 3. The van der Waals surface area contributed by atoms with Crippen LogP contribution in [-0.4, -0.2) is 59.2 Å². The molecule has 4 amide bonds. The van der Waals surface area contributed by atoms with Crippen LogP contribution in [0, 0.1) is 0 Å². The van der Waals surface area contributed by atoms with Gasteiger partial charge in [0.05, 0.1) is 5.56 Å². The first-order chi connectivity index (χ1) is 14.6. The Morgan fingerprint density at radius 3 is 2.45 bits per heavy atom. The lowest BCUT2D eigenvalue weighted by molar-refractivity contribution is -0.137. The van der Waals surface area contributed by atoms with Crippen LogP contribution in [-0.2, 0) is 15.8 Å². The minimum Gasteiger partial charge on any atom is -0.491 e. The fraction of sp³-hybridized carbons (Fsp3) is 0.550. The average molecular weight is 443 g/mol. The molecule has 3 N–H and O–H groups in total. The molecule has 1 aliphatic heterocycles. The SMILES string of the molecule is O=C(CN1C(=O)NC2(CCCCC2)C1=O)NCC(O)COc1ccc(C(F)(F)F)cc1. The smallest absolute Gasteiger partial charge is 0.416 e. The lowest BCUT2D eigenvalue weighted by atomic mass is 9.82. The van der Waals surface area contributed by atoms with E-state index in [9.17, 15) is 32.7 Å². The highest BCUT2D eigenvalue weighted by molar-refractivity contribution is 6.09. The van der Waals surface area contributed by atoms with E-state index in [2.05, 4.69) is 10.6 Å². The fourth-order valence-corrected chi connectivity index (χ4v) is 3.74. The second kappa shape index (κ2) is 9.13. The Balaban J connectivity index is 1.42. The molecule has 0 radical (unpaired) electrons. The molecule has 170 valence electrons. The third-order valence-electron chi connectivity index (χ3n) is 5.41. The zero-order valence-corrected chi connectivity index (χ0v) is 16.7. The van der Waals surface area contributed by atoms with Crippen LogP contribution in [0.3, 0.4) is 0 Å². The van der Waals surface area contributed by atoms with Gasteiger partial charge in [-0.25, -0.2) is 4.79 Å². The van der Waals surface area contributed by atoms with Crippen molar-refractivity contribution in [2.24, 2.45) is 0 Å². The summed E-state index contributed by atoms with van der Waals surface area (Å²) in [7, 11) is 0. The summed E-state index contributed by atoms with van der Waals surface area (Å²) in [4.78, 5) is 37.8. The van der Waals surface area contributed by atoms with E-state index < -0.39 is 47.8 Å². The van der Waals surface area contributed by atoms with Gasteiger partial charge >= 0.3 is 12.2 Å². The molecule has 0 bridgehead atoms. The molecule has 1 aliphatic carbocycles. The minimum absolute atomic E-state index is 0.135. The first kappa shape index (κ1) is 22.9. The largest absolute Gasteiger partial charge is 0.491 e. The van der Waals surface area contributed by atoms with E-state index in [1.165, 1.54) is 0 Å². The lowest BCUT2D eigenvalue weighted by Gasteiger charge is -2.30. The Labute approximate surface area is 176 Å². The minimum atomic E-state index is -4.45. The van der Waals surface area contributed by atoms with Gasteiger partial charge in [0.25, 0.3) is 5.91 Å². The number of amides is 4. The molecule has 1 saturated carbocycles. The van der Waals surface area contributed by atoms with Crippen molar-refractivity contribution in [1.29, 1.82) is 0 Å². The van der Waals surface area contributed by atoms with E-state index in [1.807, 2.05) is 0 Å². The first-order valence-corrected chi connectivity index (χ1v) is 10.00. The summed E-state index contributed by atoms with van der Waals surface area (Å²) in [5, 5.41) is 15.1. The summed E-state index contributed by atoms with van der Waals surface area (Å²) in [5.41, 5.74) is -1.73. The summed E-state index contributed by atoms with van der Waals surface area (Å²) in [6, 6.07) is 3.38. The van der Waals surface area contributed by atoms with Crippen molar-refractivity contribution in [2.75, 3.05) is 19.7 Å². The number of aliphatic hydroxyl groups is 1. The number of imide groups is 1. The number of nitrogens with one attached hydrogen (secondary N) is 2. The molecule has 3 rings (SSSR count). The van der Waals surface area contributed by atoms with Gasteiger partial charge in [0.2, 0.25) is 5.91 Å². The number of carbonyl (C=O) groups excluding carboxylic acids is 3. The Kier molecular flexibility index (Phi) is 6.73. The van der Waals surface area contributed by atoms with Crippen molar-refractivity contribution in [3.8, 4) is 5.75 Å². The molecule has 0 aromatic heterocycles. The second-order valence-electron chi connectivity index (χ2n) is 7.76. The van der Waals surface area contributed by atoms with Crippen molar-refractivity contribution in [3.05, 3.63) is 29.8 Å². The van der Waals surface area contributed by atoms with Crippen molar-refractivity contribution < 1.29 is 37.4 Å². The molecule has 1 aromatic carbocycles. The molecule has 1 unspecified atom stereocenters. The van der Waals surface area contributed by atoms with Crippen molar-refractivity contribution in [3.63, 3.8) is 0 Å². The summed E-state index contributed by atoms with van der Waals surface area (Å²) in [5.74, 6) is -0.890. The molecule has 31 heavy (non-hydrogen) atoms. The van der Waals surface area contributed by atoms with Crippen molar-refractivity contribution >= 4 is 17.8 Å². The van der Waals surface area contributed by atoms with E-state index in [1.54, 1.807) is 0 Å². The Bertz CT molecular complexity index is 822. The van der Waals surface area contributed by atoms with Crippen LogP contribution in [0.4, 0.5) is 18.0 Å². The first-order valence-electron chi connectivity index (χ1n) is 10.00. The van der Waals surface area contributed by atoms with Gasteiger partial charge in [0.1, 0.15) is 30.5 Å². The van der Waals surface area contributed by atoms with E-state index in [-0.39, 0.29) is 18.9 Å². The molecule has 2 fully saturated rings. The standard InChI is InChI=1S/C20H24F3N3O5/c21-20(22,23)13-4-6-15(7-5-13)31-12-14(27)10-24-16(28)11-26-17(29)19(25-18(26)30)8-2-1-3-9-19/h4-7,14,27H,1-3,8-12H2,(H,24,28)(H,25,30). The third kappa shape index (κ3) is 5.46. The van der Waals surface area contributed by atoms with Crippen LogP contribution in [0.15, 0.2) is 24.3 Å². The fourth-order valence-electron chi connectivity index (χ4n) is 3.74. The topological polar surface area (TPSA) is 108 Å². The van der Waals surface area contributed by atoms with E-state index in [0.717, 1.165) is 48.4 Å². The molecule has 2 aliphatic rings. The highest BCUT2D eigenvalue weighted by Gasteiger charge is 2.51. The van der Waals surface area contributed by atoms with Crippen LogP contribution in [0.5, 0.6) is 5.75 Å². The van der Waals surface area contributed by atoms with Gasteiger partial charge in [-0.2, -0.15) is 13.2 Å².